The van der Waals surface area contributed by atoms with Crippen molar-refractivity contribution in [1.29, 1.82) is 0 Å². The van der Waals surface area contributed by atoms with E-state index in [-0.39, 0.29) is 0 Å². The number of nitrogens with zero attached hydrogens (tertiary/aromatic N) is 3. The van der Waals surface area contributed by atoms with Crippen LogP contribution in [-0.2, 0) is 6.42 Å². The van der Waals surface area contributed by atoms with E-state index in [2.05, 4.69) is 71.0 Å². The van der Waals surface area contributed by atoms with Gasteiger partial charge in [0.1, 0.15) is 3.70 Å². The van der Waals surface area contributed by atoms with Crippen molar-refractivity contribution < 1.29 is 0 Å². The van der Waals surface area contributed by atoms with Gasteiger partial charge in [-0.2, -0.15) is 5.10 Å². The van der Waals surface area contributed by atoms with Crippen LogP contribution in [0.5, 0.6) is 0 Å². The Kier molecular flexibility index (Phi) is 5.07. The number of aromatic nitrogens is 2. The molecule has 104 valence electrons. The molecule has 0 atom stereocenters. The molecule has 0 aliphatic heterocycles. The lowest BCUT2D eigenvalue weighted by Crippen LogP contribution is -2.25. The number of pyridine rings is 1. The maximum atomic E-state index is 4.78. The minimum atomic E-state index is 0.983. The van der Waals surface area contributed by atoms with Gasteiger partial charge in [0.25, 0.3) is 0 Å². The predicted octanol–water partition coefficient (Wildman–Crippen LogP) is 4.13. The van der Waals surface area contributed by atoms with Crippen LogP contribution in [0, 0.1) is 3.70 Å². The summed E-state index contributed by atoms with van der Waals surface area (Å²) in [5.41, 5.74) is 3.79. The van der Waals surface area contributed by atoms with Crippen LogP contribution in [0.1, 0.15) is 39.3 Å². The molecule has 0 bridgehead atoms. The van der Waals surface area contributed by atoms with Gasteiger partial charge in [0.05, 0.1) is 16.9 Å². The predicted molar refractivity (Wildman–Crippen MR) is 90.1 cm³/mol. The molecule has 0 saturated heterocycles. The highest BCUT2D eigenvalue weighted by Gasteiger charge is 2.17. The lowest BCUT2D eigenvalue weighted by Gasteiger charge is -2.23. The van der Waals surface area contributed by atoms with Gasteiger partial charge in [-0.05, 0) is 54.0 Å². The summed E-state index contributed by atoms with van der Waals surface area (Å²) in [4.78, 5) is 2.50. The normalized spacial score (nSPS) is 11.2. The van der Waals surface area contributed by atoms with Crippen LogP contribution in [0.25, 0.3) is 5.52 Å². The van der Waals surface area contributed by atoms with Crippen LogP contribution >= 0.6 is 22.6 Å². The Bertz CT molecular complexity index is 542. The molecule has 3 nitrogen and oxygen atoms in total. The summed E-state index contributed by atoms with van der Waals surface area (Å²) in [5.74, 6) is 0. The van der Waals surface area contributed by atoms with Gasteiger partial charge in [0.2, 0.25) is 0 Å². The molecule has 0 amide bonds. The Hall–Kier alpha value is -0.780. The molecule has 2 aromatic heterocycles. The molecule has 0 aliphatic rings. The van der Waals surface area contributed by atoms with E-state index in [9.17, 15) is 0 Å². The minimum absolute atomic E-state index is 0.983. The molecular formula is C15H22IN3. The van der Waals surface area contributed by atoms with Crippen molar-refractivity contribution in [3.63, 3.8) is 0 Å². The average molecular weight is 371 g/mol. The SMILES string of the molecule is CCCN(CCC)c1c(CC)nn2c(I)cccc12. The van der Waals surface area contributed by atoms with E-state index in [1.807, 2.05) is 0 Å². The fourth-order valence-electron chi connectivity index (χ4n) is 2.53. The van der Waals surface area contributed by atoms with Crippen molar-refractivity contribution in [2.24, 2.45) is 0 Å². The van der Waals surface area contributed by atoms with Crippen molar-refractivity contribution in [3.05, 3.63) is 27.6 Å². The zero-order chi connectivity index (χ0) is 13.8. The summed E-state index contributed by atoms with van der Waals surface area (Å²) in [5, 5.41) is 4.78. The van der Waals surface area contributed by atoms with Gasteiger partial charge in [-0.25, -0.2) is 4.52 Å². The molecule has 0 fully saturated rings. The molecule has 2 rings (SSSR count). The molecule has 0 aromatic carbocycles. The molecule has 19 heavy (non-hydrogen) atoms. The Balaban J connectivity index is 2.58. The molecule has 0 saturated carbocycles. The van der Waals surface area contributed by atoms with E-state index in [1.54, 1.807) is 0 Å². The largest absolute Gasteiger partial charge is 0.368 e. The van der Waals surface area contributed by atoms with E-state index in [0.717, 1.165) is 19.5 Å². The number of halogens is 1. The third-order valence-corrected chi connectivity index (χ3v) is 4.11. The summed E-state index contributed by atoms with van der Waals surface area (Å²) in [7, 11) is 0. The summed E-state index contributed by atoms with van der Waals surface area (Å²) in [6.07, 6.45) is 3.33. The van der Waals surface area contributed by atoms with E-state index in [0.29, 0.717) is 0 Å². The fraction of sp³-hybridized carbons (Fsp3) is 0.533. The highest BCUT2D eigenvalue weighted by Crippen LogP contribution is 2.28. The first-order chi connectivity index (χ1) is 9.22. The molecule has 0 spiro atoms. The molecular weight excluding hydrogens is 349 g/mol. The number of hydrogen-bond acceptors (Lipinski definition) is 2. The van der Waals surface area contributed by atoms with Gasteiger partial charge < -0.3 is 4.90 Å². The van der Waals surface area contributed by atoms with Crippen LogP contribution < -0.4 is 4.90 Å². The van der Waals surface area contributed by atoms with Crippen molar-refractivity contribution in [2.45, 2.75) is 40.0 Å². The van der Waals surface area contributed by atoms with Crippen LogP contribution in [0.15, 0.2) is 18.2 Å². The molecule has 0 N–H and O–H groups in total. The average Bonchev–Trinajstić information content (AvgIpc) is 2.78. The topological polar surface area (TPSA) is 20.5 Å². The Morgan fingerprint density at radius 1 is 1.16 bits per heavy atom. The summed E-state index contributed by atoms with van der Waals surface area (Å²) < 4.78 is 3.25. The van der Waals surface area contributed by atoms with Crippen LogP contribution in [0.4, 0.5) is 5.69 Å². The van der Waals surface area contributed by atoms with Crippen molar-refractivity contribution >= 4 is 33.8 Å². The molecule has 2 heterocycles. The summed E-state index contributed by atoms with van der Waals surface area (Å²) in [6, 6.07) is 6.41. The zero-order valence-corrected chi connectivity index (χ0v) is 14.1. The Labute approximate surface area is 129 Å². The van der Waals surface area contributed by atoms with Gasteiger partial charge in [-0.3, -0.25) is 0 Å². The maximum absolute atomic E-state index is 4.78. The fourth-order valence-corrected chi connectivity index (χ4v) is 3.10. The van der Waals surface area contributed by atoms with E-state index in [1.165, 1.54) is 33.4 Å². The molecule has 4 heteroatoms. The lowest BCUT2D eigenvalue weighted by molar-refractivity contribution is 0.742. The highest BCUT2D eigenvalue weighted by molar-refractivity contribution is 14.1. The molecule has 0 radical (unpaired) electrons. The van der Waals surface area contributed by atoms with Crippen LogP contribution in [0.3, 0.4) is 0 Å². The third-order valence-electron chi connectivity index (χ3n) is 3.29. The van der Waals surface area contributed by atoms with Gasteiger partial charge in [0.15, 0.2) is 0 Å². The second-order valence-electron chi connectivity index (χ2n) is 4.78. The molecule has 2 aromatic rings. The Morgan fingerprint density at radius 3 is 2.42 bits per heavy atom. The van der Waals surface area contributed by atoms with Gasteiger partial charge in [-0.1, -0.05) is 26.8 Å². The lowest BCUT2D eigenvalue weighted by atomic mass is 10.2. The number of anilines is 1. The number of aryl methyl sites for hydroxylation is 1. The maximum Gasteiger partial charge on any atom is 0.103 e. The van der Waals surface area contributed by atoms with Crippen molar-refractivity contribution in [1.82, 2.24) is 9.61 Å². The molecule has 0 aliphatic carbocycles. The first kappa shape index (κ1) is 14.6. The van der Waals surface area contributed by atoms with Gasteiger partial charge in [-0.15, -0.1) is 0 Å². The van der Waals surface area contributed by atoms with E-state index in [4.69, 9.17) is 5.10 Å². The smallest absolute Gasteiger partial charge is 0.103 e. The highest BCUT2D eigenvalue weighted by atomic mass is 127. The first-order valence-electron chi connectivity index (χ1n) is 7.13. The quantitative estimate of drug-likeness (QED) is 0.562. The van der Waals surface area contributed by atoms with E-state index < -0.39 is 0 Å². The number of fused-ring (bicyclic) bond motifs is 1. The van der Waals surface area contributed by atoms with E-state index >= 15 is 0 Å². The second kappa shape index (κ2) is 6.59. The number of hydrogen-bond donors (Lipinski definition) is 0. The summed E-state index contributed by atoms with van der Waals surface area (Å²) in [6.45, 7) is 8.88. The van der Waals surface area contributed by atoms with Crippen molar-refractivity contribution in [2.75, 3.05) is 18.0 Å². The molecule has 0 unspecified atom stereocenters. The monoisotopic (exact) mass is 371 g/mol. The third kappa shape index (κ3) is 2.88. The standard InChI is InChI=1S/C15H22IN3/c1-4-10-18(11-5-2)15-12(6-3)17-19-13(15)8-7-9-14(19)16/h7-9H,4-6,10-11H2,1-3H3. The van der Waals surface area contributed by atoms with Gasteiger partial charge >= 0.3 is 0 Å². The van der Waals surface area contributed by atoms with Crippen molar-refractivity contribution in [3.8, 4) is 0 Å². The minimum Gasteiger partial charge on any atom is -0.368 e. The van der Waals surface area contributed by atoms with Gasteiger partial charge in [0, 0.05) is 13.1 Å². The second-order valence-corrected chi connectivity index (χ2v) is 5.89. The van der Waals surface area contributed by atoms with Crippen LogP contribution in [-0.4, -0.2) is 22.7 Å². The summed E-state index contributed by atoms with van der Waals surface area (Å²) >= 11 is 2.35. The number of rotatable bonds is 6. The zero-order valence-electron chi connectivity index (χ0n) is 12.0. The van der Waals surface area contributed by atoms with Crippen LogP contribution in [0.2, 0.25) is 0 Å². The Morgan fingerprint density at radius 2 is 1.84 bits per heavy atom. The first-order valence-corrected chi connectivity index (χ1v) is 8.21.